The molecule has 0 unspecified atom stereocenters. The van der Waals surface area contributed by atoms with Crippen LogP contribution in [-0.4, -0.2) is 6.61 Å². The minimum atomic E-state index is 0.0471. The maximum Gasteiger partial charge on any atom is 0.174 e. The standard InChI is InChI=1S/C9H7BrClNO/c10-8-1-2-9(13-4-3-12)7(5-8)6-11/h1-2,5H,4,6H2. The summed E-state index contributed by atoms with van der Waals surface area (Å²) in [5, 5.41) is 8.33. The predicted octanol–water partition coefficient (Wildman–Crippen LogP) is 3.09. The molecule has 0 aliphatic carbocycles. The first-order valence-corrected chi connectivity index (χ1v) is 4.95. The Bertz CT molecular complexity index is 335. The van der Waals surface area contributed by atoms with E-state index in [1.54, 1.807) is 6.07 Å². The van der Waals surface area contributed by atoms with Crippen LogP contribution in [0.1, 0.15) is 5.56 Å². The summed E-state index contributed by atoms with van der Waals surface area (Å²) in [5.74, 6) is 1.04. The molecule has 0 aliphatic heterocycles. The maximum absolute atomic E-state index is 8.33. The van der Waals surface area contributed by atoms with Gasteiger partial charge in [0.25, 0.3) is 0 Å². The van der Waals surface area contributed by atoms with Crippen LogP contribution in [0.3, 0.4) is 0 Å². The van der Waals surface area contributed by atoms with Gasteiger partial charge >= 0.3 is 0 Å². The number of hydrogen-bond donors (Lipinski definition) is 0. The van der Waals surface area contributed by atoms with E-state index in [4.69, 9.17) is 21.6 Å². The third kappa shape index (κ3) is 2.91. The van der Waals surface area contributed by atoms with Gasteiger partial charge < -0.3 is 4.74 Å². The van der Waals surface area contributed by atoms with Crippen molar-refractivity contribution < 1.29 is 4.74 Å². The fraction of sp³-hybridized carbons (Fsp3) is 0.222. The average molecular weight is 261 g/mol. The average Bonchev–Trinajstić information content (AvgIpc) is 2.16. The van der Waals surface area contributed by atoms with Crippen LogP contribution in [-0.2, 0) is 5.88 Å². The largest absolute Gasteiger partial charge is 0.478 e. The molecular weight excluding hydrogens is 253 g/mol. The van der Waals surface area contributed by atoms with E-state index in [-0.39, 0.29) is 6.61 Å². The number of nitriles is 1. The van der Waals surface area contributed by atoms with Crippen LogP contribution in [0.15, 0.2) is 22.7 Å². The molecular formula is C9H7BrClNO. The van der Waals surface area contributed by atoms with Crippen LogP contribution >= 0.6 is 27.5 Å². The fourth-order valence-electron chi connectivity index (χ4n) is 0.903. The number of halogens is 2. The van der Waals surface area contributed by atoms with Gasteiger partial charge in [-0.05, 0) is 18.2 Å². The van der Waals surface area contributed by atoms with Crippen LogP contribution in [0.4, 0.5) is 0 Å². The molecule has 0 saturated carbocycles. The molecule has 2 nitrogen and oxygen atoms in total. The third-order valence-electron chi connectivity index (χ3n) is 1.46. The lowest BCUT2D eigenvalue weighted by molar-refractivity contribution is 0.365. The Morgan fingerprint density at radius 1 is 1.54 bits per heavy atom. The quantitative estimate of drug-likeness (QED) is 0.783. The van der Waals surface area contributed by atoms with E-state index in [0.717, 1.165) is 10.0 Å². The van der Waals surface area contributed by atoms with Gasteiger partial charge in [0.2, 0.25) is 0 Å². The van der Waals surface area contributed by atoms with Crippen molar-refractivity contribution in [2.45, 2.75) is 5.88 Å². The number of benzene rings is 1. The fourth-order valence-corrected chi connectivity index (χ4v) is 1.52. The lowest BCUT2D eigenvalue weighted by Crippen LogP contribution is -1.96. The van der Waals surface area contributed by atoms with Crippen LogP contribution < -0.4 is 4.74 Å². The smallest absolute Gasteiger partial charge is 0.174 e. The van der Waals surface area contributed by atoms with Gasteiger partial charge in [-0.15, -0.1) is 11.6 Å². The van der Waals surface area contributed by atoms with Gasteiger partial charge in [0.1, 0.15) is 11.8 Å². The van der Waals surface area contributed by atoms with Gasteiger partial charge in [-0.25, -0.2) is 0 Å². The number of rotatable bonds is 3. The summed E-state index contributed by atoms with van der Waals surface area (Å²) in [4.78, 5) is 0. The zero-order valence-corrected chi connectivity index (χ0v) is 9.10. The molecule has 0 radical (unpaired) electrons. The lowest BCUT2D eigenvalue weighted by atomic mass is 10.2. The molecule has 0 bridgehead atoms. The predicted molar refractivity (Wildman–Crippen MR) is 54.8 cm³/mol. The zero-order valence-electron chi connectivity index (χ0n) is 6.76. The minimum Gasteiger partial charge on any atom is -0.478 e. The van der Waals surface area contributed by atoms with Gasteiger partial charge in [-0.2, -0.15) is 5.26 Å². The first-order valence-electron chi connectivity index (χ1n) is 3.62. The molecule has 0 aliphatic rings. The summed E-state index contributed by atoms with van der Waals surface area (Å²) < 4.78 is 6.12. The van der Waals surface area contributed by atoms with E-state index in [9.17, 15) is 0 Å². The summed E-state index contributed by atoms with van der Waals surface area (Å²) in [5.41, 5.74) is 0.881. The second-order valence-electron chi connectivity index (χ2n) is 2.33. The molecule has 4 heteroatoms. The molecule has 13 heavy (non-hydrogen) atoms. The van der Waals surface area contributed by atoms with Gasteiger partial charge in [-0.3, -0.25) is 0 Å². The first kappa shape index (κ1) is 10.4. The van der Waals surface area contributed by atoms with Crippen molar-refractivity contribution in [2.24, 2.45) is 0 Å². The third-order valence-corrected chi connectivity index (χ3v) is 2.24. The highest BCUT2D eigenvalue weighted by Crippen LogP contribution is 2.24. The molecule has 0 saturated heterocycles. The Morgan fingerprint density at radius 3 is 2.92 bits per heavy atom. The molecule has 1 aromatic rings. The topological polar surface area (TPSA) is 33.0 Å². The number of nitrogens with zero attached hydrogens (tertiary/aromatic N) is 1. The van der Waals surface area contributed by atoms with Crippen LogP contribution in [0.5, 0.6) is 5.75 Å². The molecule has 0 amide bonds. The molecule has 0 heterocycles. The summed E-state index contributed by atoms with van der Waals surface area (Å²) in [7, 11) is 0. The summed E-state index contributed by atoms with van der Waals surface area (Å²) in [6.07, 6.45) is 0. The van der Waals surface area contributed by atoms with Crippen molar-refractivity contribution in [3.8, 4) is 11.8 Å². The van der Waals surface area contributed by atoms with E-state index in [2.05, 4.69) is 15.9 Å². The summed E-state index contributed by atoms with van der Waals surface area (Å²) in [6, 6.07) is 7.42. The van der Waals surface area contributed by atoms with E-state index >= 15 is 0 Å². The zero-order chi connectivity index (χ0) is 9.68. The number of alkyl halides is 1. The highest BCUT2D eigenvalue weighted by atomic mass is 79.9. The second-order valence-corrected chi connectivity index (χ2v) is 3.52. The van der Waals surface area contributed by atoms with Crippen LogP contribution in [0.25, 0.3) is 0 Å². The Morgan fingerprint density at radius 2 is 2.31 bits per heavy atom. The van der Waals surface area contributed by atoms with E-state index in [1.807, 2.05) is 18.2 Å². The molecule has 0 aromatic heterocycles. The Kier molecular flexibility index (Phi) is 4.07. The normalized spacial score (nSPS) is 9.31. The summed E-state index contributed by atoms with van der Waals surface area (Å²) in [6.45, 7) is 0.0471. The van der Waals surface area contributed by atoms with Crippen LogP contribution in [0.2, 0.25) is 0 Å². The van der Waals surface area contributed by atoms with E-state index < -0.39 is 0 Å². The lowest BCUT2D eigenvalue weighted by Gasteiger charge is -2.06. The van der Waals surface area contributed by atoms with E-state index in [0.29, 0.717) is 11.6 Å². The van der Waals surface area contributed by atoms with Crippen molar-refractivity contribution in [2.75, 3.05) is 6.61 Å². The second kappa shape index (κ2) is 5.11. The monoisotopic (exact) mass is 259 g/mol. The molecule has 1 aromatic carbocycles. The molecule has 1 rings (SSSR count). The number of hydrogen-bond acceptors (Lipinski definition) is 2. The van der Waals surface area contributed by atoms with Crippen molar-refractivity contribution in [3.05, 3.63) is 28.2 Å². The minimum absolute atomic E-state index is 0.0471. The van der Waals surface area contributed by atoms with Crippen molar-refractivity contribution in [1.82, 2.24) is 0 Å². The molecule has 68 valence electrons. The molecule has 0 fully saturated rings. The first-order chi connectivity index (χ1) is 6.27. The highest BCUT2D eigenvalue weighted by molar-refractivity contribution is 9.10. The highest BCUT2D eigenvalue weighted by Gasteiger charge is 2.02. The van der Waals surface area contributed by atoms with Gasteiger partial charge in [-0.1, -0.05) is 15.9 Å². The van der Waals surface area contributed by atoms with Crippen molar-refractivity contribution in [3.63, 3.8) is 0 Å². The Labute approximate surface area is 90.2 Å². The van der Waals surface area contributed by atoms with Crippen molar-refractivity contribution >= 4 is 27.5 Å². The van der Waals surface area contributed by atoms with Crippen molar-refractivity contribution in [1.29, 1.82) is 5.26 Å². The molecule has 0 atom stereocenters. The van der Waals surface area contributed by atoms with E-state index in [1.165, 1.54) is 0 Å². The van der Waals surface area contributed by atoms with Gasteiger partial charge in [0, 0.05) is 10.0 Å². The Balaban J connectivity index is 2.87. The molecule has 0 spiro atoms. The Hall–Kier alpha value is -0.720. The SMILES string of the molecule is N#CCOc1ccc(Br)cc1CCl. The van der Waals surface area contributed by atoms with Gasteiger partial charge in [0.05, 0.1) is 5.88 Å². The summed E-state index contributed by atoms with van der Waals surface area (Å²) >= 11 is 9.03. The molecule has 0 N–H and O–H groups in total. The van der Waals surface area contributed by atoms with Gasteiger partial charge in [0.15, 0.2) is 6.61 Å². The van der Waals surface area contributed by atoms with Crippen LogP contribution in [0, 0.1) is 11.3 Å². The maximum atomic E-state index is 8.33. The number of ether oxygens (including phenoxy) is 1.